The molecule has 0 heterocycles. The minimum Gasteiger partial charge on any atom is -0.316 e. The van der Waals surface area contributed by atoms with Gasteiger partial charge in [0.25, 0.3) is 0 Å². The summed E-state index contributed by atoms with van der Waals surface area (Å²) in [4.78, 5) is 4.12. The van der Waals surface area contributed by atoms with Crippen molar-refractivity contribution >= 4 is 8.60 Å². The molecule has 15 heavy (non-hydrogen) atoms. The molecule has 0 saturated heterocycles. The molecule has 0 fully saturated rings. The van der Waals surface area contributed by atoms with Crippen LogP contribution in [0.3, 0.4) is 0 Å². The van der Waals surface area contributed by atoms with Gasteiger partial charge in [-0.1, -0.05) is 0 Å². The lowest BCUT2D eigenvalue weighted by atomic mass is 10.6. The zero-order valence-corrected chi connectivity index (χ0v) is 11.3. The molecule has 0 N–H and O–H groups in total. The van der Waals surface area contributed by atoms with Gasteiger partial charge in [0, 0.05) is 20.2 Å². The van der Waals surface area contributed by atoms with Crippen molar-refractivity contribution in [1.82, 2.24) is 9.80 Å². The highest BCUT2D eigenvalue weighted by Gasteiger charge is 2.09. The summed E-state index contributed by atoms with van der Waals surface area (Å²) in [6, 6.07) is 0. The summed E-state index contributed by atoms with van der Waals surface area (Å²) in [5.74, 6) is 0. The Hall–Kier alpha value is 0.230. The number of likely N-dealkylation sites (N-methyl/N-ethyl adjacent to an activating group) is 2. The van der Waals surface area contributed by atoms with Crippen LogP contribution in [0.25, 0.3) is 0 Å². The fraction of sp³-hybridized carbons (Fsp3) is 1.00. The standard InChI is InChI=1S/C9H23N2O3P/c1-10(2)6-8-13-15(12-5)14-9-7-11(3)4/h6-9H2,1-5H3. The van der Waals surface area contributed by atoms with Crippen molar-refractivity contribution in [3.63, 3.8) is 0 Å². The minimum absolute atomic E-state index is 0.633. The summed E-state index contributed by atoms with van der Waals surface area (Å²) in [5.41, 5.74) is 0. The first-order valence-corrected chi connectivity index (χ1v) is 6.05. The van der Waals surface area contributed by atoms with Gasteiger partial charge in [-0.2, -0.15) is 0 Å². The second kappa shape index (κ2) is 9.46. The lowest BCUT2D eigenvalue weighted by Gasteiger charge is -2.17. The van der Waals surface area contributed by atoms with Gasteiger partial charge >= 0.3 is 8.60 Å². The Kier molecular flexibility index (Phi) is 9.60. The van der Waals surface area contributed by atoms with Crippen LogP contribution < -0.4 is 0 Å². The van der Waals surface area contributed by atoms with Gasteiger partial charge in [-0.05, 0) is 28.2 Å². The Morgan fingerprint density at radius 3 is 1.53 bits per heavy atom. The highest BCUT2D eigenvalue weighted by Crippen LogP contribution is 2.37. The van der Waals surface area contributed by atoms with E-state index in [4.69, 9.17) is 13.6 Å². The average molecular weight is 238 g/mol. The molecule has 0 radical (unpaired) electrons. The van der Waals surface area contributed by atoms with Crippen LogP contribution in [0.1, 0.15) is 0 Å². The van der Waals surface area contributed by atoms with Crippen LogP contribution in [0.5, 0.6) is 0 Å². The smallest absolute Gasteiger partial charge is 0.316 e. The summed E-state index contributed by atoms with van der Waals surface area (Å²) in [5, 5.41) is 0. The molecule has 0 amide bonds. The van der Waals surface area contributed by atoms with Gasteiger partial charge in [0.1, 0.15) is 0 Å². The van der Waals surface area contributed by atoms with Crippen LogP contribution in [0, 0.1) is 0 Å². The van der Waals surface area contributed by atoms with Gasteiger partial charge in [0.2, 0.25) is 0 Å². The van der Waals surface area contributed by atoms with E-state index >= 15 is 0 Å². The van der Waals surface area contributed by atoms with Crippen LogP contribution >= 0.6 is 8.60 Å². The Morgan fingerprint density at radius 2 is 1.27 bits per heavy atom. The second-order valence-corrected chi connectivity index (χ2v) is 5.01. The monoisotopic (exact) mass is 238 g/mol. The quantitative estimate of drug-likeness (QED) is 0.560. The molecule has 0 aliphatic rings. The molecule has 0 unspecified atom stereocenters. The van der Waals surface area contributed by atoms with Crippen molar-refractivity contribution < 1.29 is 13.6 Å². The second-order valence-electron chi connectivity index (χ2n) is 3.68. The van der Waals surface area contributed by atoms with Gasteiger partial charge in [0.15, 0.2) is 0 Å². The maximum absolute atomic E-state index is 5.44. The van der Waals surface area contributed by atoms with Gasteiger partial charge < -0.3 is 23.4 Å². The number of rotatable bonds is 9. The van der Waals surface area contributed by atoms with Crippen molar-refractivity contribution in [1.29, 1.82) is 0 Å². The predicted molar refractivity (Wildman–Crippen MR) is 62.9 cm³/mol. The molecule has 0 rings (SSSR count). The third-order valence-corrected chi connectivity index (χ3v) is 2.70. The third kappa shape index (κ3) is 10.5. The Balaban J connectivity index is 3.46. The molecule has 6 heteroatoms. The first kappa shape index (κ1) is 15.2. The van der Waals surface area contributed by atoms with Crippen LogP contribution in [0.2, 0.25) is 0 Å². The SMILES string of the molecule is COP(OCCN(C)C)OCCN(C)C. The molecule has 0 saturated carbocycles. The van der Waals surface area contributed by atoms with E-state index in [1.807, 2.05) is 28.2 Å². The Labute approximate surface area is 94.3 Å². The molecular weight excluding hydrogens is 215 g/mol. The summed E-state index contributed by atoms with van der Waals surface area (Å²) in [6.07, 6.45) is 0. The molecule has 0 aromatic heterocycles. The normalized spacial score (nSPS) is 12.0. The van der Waals surface area contributed by atoms with E-state index in [2.05, 4.69) is 9.80 Å². The van der Waals surface area contributed by atoms with E-state index in [-0.39, 0.29) is 0 Å². The molecular formula is C9H23N2O3P. The summed E-state index contributed by atoms with van der Waals surface area (Å²) >= 11 is 0. The maximum Gasteiger partial charge on any atom is 0.332 e. The zero-order valence-electron chi connectivity index (χ0n) is 10.4. The topological polar surface area (TPSA) is 34.2 Å². The van der Waals surface area contributed by atoms with Crippen LogP contribution in [-0.2, 0) is 13.6 Å². The number of nitrogens with zero attached hydrogens (tertiary/aromatic N) is 2. The van der Waals surface area contributed by atoms with E-state index < -0.39 is 8.60 Å². The van der Waals surface area contributed by atoms with Crippen molar-refractivity contribution in [3.05, 3.63) is 0 Å². The van der Waals surface area contributed by atoms with Crippen molar-refractivity contribution in [2.45, 2.75) is 0 Å². The zero-order chi connectivity index (χ0) is 11.7. The lowest BCUT2D eigenvalue weighted by Crippen LogP contribution is -2.19. The predicted octanol–water partition coefficient (Wildman–Crippen LogP) is 1.02. The first-order valence-electron chi connectivity index (χ1n) is 4.95. The van der Waals surface area contributed by atoms with E-state index in [0.29, 0.717) is 13.2 Å². The van der Waals surface area contributed by atoms with Crippen molar-refractivity contribution in [3.8, 4) is 0 Å². The summed E-state index contributed by atoms with van der Waals surface area (Å²) < 4.78 is 16.0. The molecule has 0 atom stereocenters. The van der Waals surface area contributed by atoms with Gasteiger partial charge in [-0.3, -0.25) is 0 Å². The molecule has 0 aliphatic carbocycles. The van der Waals surface area contributed by atoms with Crippen LogP contribution in [0.4, 0.5) is 0 Å². The first-order chi connectivity index (χ1) is 7.06. The fourth-order valence-electron chi connectivity index (χ4n) is 0.739. The third-order valence-electron chi connectivity index (χ3n) is 1.62. The van der Waals surface area contributed by atoms with E-state index in [9.17, 15) is 0 Å². The molecule has 5 nitrogen and oxygen atoms in total. The Bertz CT molecular complexity index is 133. The van der Waals surface area contributed by atoms with Gasteiger partial charge in [-0.15, -0.1) is 0 Å². The molecule has 0 aromatic carbocycles. The summed E-state index contributed by atoms with van der Waals surface area (Å²) in [7, 11) is 8.46. The van der Waals surface area contributed by atoms with Crippen molar-refractivity contribution in [2.75, 3.05) is 61.6 Å². The van der Waals surface area contributed by atoms with E-state index in [1.165, 1.54) is 0 Å². The lowest BCUT2D eigenvalue weighted by molar-refractivity contribution is 0.160. The van der Waals surface area contributed by atoms with Crippen LogP contribution in [-0.4, -0.2) is 71.4 Å². The molecule has 92 valence electrons. The molecule has 0 spiro atoms. The van der Waals surface area contributed by atoms with Gasteiger partial charge in [-0.25, -0.2) is 0 Å². The number of hydrogen-bond donors (Lipinski definition) is 0. The fourth-order valence-corrected chi connectivity index (χ4v) is 1.49. The average Bonchev–Trinajstić information content (AvgIpc) is 2.14. The maximum atomic E-state index is 5.44. The molecule has 0 aliphatic heterocycles. The van der Waals surface area contributed by atoms with Crippen molar-refractivity contribution in [2.24, 2.45) is 0 Å². The van der Waals surface area contributed by atoms with E-state index in [0.717, 1.165) is 13.1 Å². The molecule has 0 aromatic rings. The number of hydrogen-bond acceptors (Lipinski definition) is 5. The highest BCUT2D eigenvalue weighted by atomic mass is 31.2. The van der Waals surface area contributed by atoms with Crippen LogP contribution in [0.15, 0.2) is 0 Å². The summed E-state index contributed by atoms with van der Waals surface area (Å²) in [6.45, 7) is 3.02. The molecule has 0 bridgehead atoms. The van der Waals surface area contributed by atoms with E-state index in [1.54, 1.807) is 7.11 Å². The van der Waals surface area contributed by atoms with Gasteiger partial charge in [0.05, 0.1) is 13.2 Å². The largest absolute Gasteiger partial charge is 0.332 e. The minimum atomic E-state index is -1.17. The highest BCUT2D eigenvalue weighted by molar-refractivity contribution is 7.41. The Morgan fingerprint density at radius 1 is 0.867 bits per heavy atom.